The van der Waals surface area contributed by atoms with E-state index in [0.29, 0.717) is 43.2 Å². The van der Waals surface area contributed by atoms with Gasteiger partial charge in [-0.05, 0) is 37.2 Å². The van der Waals surface area contributed by atoms with E-state index in [1.807, 2.05) is 0 Å². The molecule has 0 fully saturated rings. The lowest BCUT2D eigenvalue weighted by Crippen LogP contribution is -2.18. The molecule has 1 unspecified atom stereocenters. The molecule has 1 atom stereocenters. The van der Waals surface area contributed by atoms with Gasteiger partial charge < -0.3 is 0 Å². The molecule has 0 radical (unpaired) electrons. The molecule has 0 saturated heterocycles. The summed E-state index contributed by atoms with van der Waals surface area (Å²) in [7, 11) is 0. The highest BCUT2D eigenvalue weighted by Gasteiger charge is 2.25. The number of rotatable bonds is 0. The molecule has 0 aliphatic heterocycles. The fourth-order valence-corrected chi connectivity index (χ4v) is 2.54. The van der Waals surface area contributed by atoms with Crippen LogP contribution in [0.4, 0.5) is 0 Å². The number of carbonyl (C=O) groups excluding carboxylic acids is 2. The van der Waals surface area contributed by atoms with Crippen LogP contribution in [0.25, 0.3) is 0 Å². The van der Waals surface area contributed by atoms with E-state index in [2.05, 4.69) is 6.92 Å². The summed E-state index contributed by atoms with van der Waals surface area (Å²) in [5.41, 5.74) is 2.16. The number of carbonyl (C=O) groups is 2. The van der Waals surface area contributed by atoms with E-state index < -0.39 is 0 Å². The average molecular weight is 206 g/mol. The molecular formula is C13H18O2. The van der Waals surface area contributed by atoms with Gasteiger partial charge in [0.25, 0.3) is 0 Å². The lowest BCUT2D eigenvalue weighted by molar-refractivity contribution is -0.119. The smallest absolute Gasteiger partial charge is 0.158 e. The van der Waals surface area contributed by atoms with Crippen LogP contribution in [-0.4, -0.2) is 11.6 Å². The van der Waals surface area contributed by atoms with Crippen LogP contribution >= 0.6 is 0 Å². The van der Waals surface area contributed by atoms with Crippen molar-refractivity contribution < 1.29 is 9.59 Å². The number of hydrogen-bond donors (Lipinski definition) is 0. The van der Waals surface area contributed by atoms with Crippen molar-refractivity contribution in [3.8, 4) is 0 Å². The Balaban J connectivity index is 2.23. The molecule has 0 amide bonds. The van der Waals surface area contributed by atoms with Gasteiger partial charge in [0, 0.05) is 19.3 Å². The number of ketones is 2. The van der Waals surface area contributed by atoms with Crippen molar-refractivity contribution in [2.24, 2.45) is 5.92 Å². The molecule has 82 valence electrons. The molecule has 0 N–H and O–H groups in total. The maximum Gasteiger partial charge on any atom is 0.158 e. The zero-order valence-corrected chi connectivity index (χ0v) is 9.34. The number of Topliss-reactive ketones (excluding diaryl/α,β-unsaturated/α-hetero) is 2. The van der Waals surface area contributed by atoms with Gasteiger partial charge in [0.15, 0.2) is 5.78 Å². The Hall–Kier alpha value is -0.920. The average Bonchev–Trinajstić information content (AvgIpc) is 2.21. The molecule has 0 aromatic rings. The quantitative estimate of drug-likeness (QED) is 0.610. The van der Waals surface area contributed by atoms with Gasteiger partial charge in [-0.15, -0.1) is 0 Å². The second kappa shape index (κ2) is 4.30. The normalized spacial score (nSPS) is 28.5. The van der Waals surface area contributed by atoms with Crippen LogP contribution in [0.1, 0.15) is 51.9 Å². The van der Waals surface area contributed by atoms with Crippen LogP contribution in [0, 0.1) is 5.92 Å². The zero-order valence-electron chi connectivity index (χ0n) is 9.34. The van der Waals surface area contributed by atoms with Crippen LogP contribution < -0.4 is 0 Å². The van der Waals surface area contributed by atoms with Gasteiger partial charge in [-0.2, -0.15) is 0 Å². The summed E-state index contributed by atoms with van der Waals surface area (Å²) in [6.45, 7) is 2.20. The second-order valence-electron chi connectivity index (χ2n) is 4.90. The molecule has 2 aliphatic rings. The molecule has 0 bridgehead atoms. The van der Waals surface area contributed by atoms with Gasteiger partial charge in [-0.1, -0.05) is 12.5 Å². The first-order valence-corrected chi connectivity index (χ1v) is 5.92. The predicted molar refractivity (Wildman–Crippen MR) is 58.5 cm³/mol. The lowest BCUT2D eigenvalue weighted by Gasteiger charge is -2.23. The Labute approximate surface area is 90.7 Å². The first kappa shape index (κ1) is 10.6. The molecule has 0 spiro atoms. The van der Waals surface area contributed by atoms with Crippen LogP contribution in [0.2, 0.25) is 0 Å². The van der Waals surface area contributed by atoms with Crippen LogP contribution in [0.5, 0.6) is 0 Å². The van der Waals surface area contributed by atoms with Crippen molar-refractivity contribution in [1.29, 1.82) is 0 Å². The van der Waals surface area contributed by atoms with E-state index in [9.17, 15) is 9.59 Å². The van der Waals surface area contributed by atoms with Gasteiger partial charge in [0.05, 0.1) is 0 Å². The molecule has 0 aromatic carbocycles. The summed E-state index contributed by atoms with van der Waals surface area (Å²) in [6, 6.07) is 0. The van der Waals surface area contributed by atoms with E-state index in [4.69, 9.17) is 0 Å². The summed E-state index contributed by atoms with van der Waals surface area (Å²) < 4.78 is 0. The molecule has 0 saturated carbocycles. The summed E-state index contributed by atoms with van der Waals surface area (Å²) in [4.78, 5) is 23.2. The Morgan fingerprint density at radius 2 is 1.73 bits per heavy atom. The minimum atomic E-state index is 0.309. The van der Waals surface area contributed by atoms with E-state index in [-0.39, 0.29) is 0 Å². The Bertz CT molecular complexity index is 325. The number of allylic oxidation sites excluding steroid dienone is 2. The van der Waals surface area contributed by atoms with Crippen LogP contribution in [-0.2, 0) is 9.59 Å². The summed E-state index contributed by atoms with van der Waals surface area (Å²) in [5, 5.41) is 0. The van der Waals surface area contributed by atoms with Crippen molar-refractivity contribution in [3.05, 3.63) is 11.1 Å². The highest BCUT2D eigenvalue weighted by Crippen LogP contribution is 2.32. The van der Waals surface area contributed by atoms with E-state index >= 15 is 0 Å². The maximum absolute atomic E-state index is 11.9. The Kier molecular flexibility index (Phi) is 3.03. The summed E-state index contributed by atoms with van der Waals surface area (Å²) in [6.07, 6.45) is 5.65. The summed E-state index contributed by atoms with van der Waals surface area (Å²) >= 11 is 0. The molecule has 2 rings (SSSR count). The van der Waals surface area contributed by atoms with Gasteiger partial charge in [-0.3, -0.25) is 9.59 Å². The largest absolute Gasteiger partial charge is 0.299 e. The SMILES string of the molecule is CC1CCC(=O)C2=C(CC1)CC(=O)CC2. The molecule has 2 heteroatoms. The predicted octanol–water partition coefficient (Wildman–Crippen LogP) is 2.82. The highest BCUT2D eigenvalue weighted by molar-refractivity contribution is 5.99. The van der Waals surface area contributed by atoms with Gasteiger partial charge in [-0.25, -0.2) is 0 Å². The van der Waals surface area contributed by atoms with Crippen LogP contribution in [0.15, 0.2) is 11.1 Å². The van der Waals surface area contributed by atoms with Gasteiger partial charge >= 0.3 is 0 Å². The third-order valence-electron chi connectivity index (χ3n) is 3.63. The fourth-order valence-electron chi connectivity index (χ4n) is 2.54. The first-order chi connectivity index (χ1) is 7.16. The summed E-state index contributed by atoms with van der Waals surface area (Å²) in [5.74, 6) is 1.25. The third kappa shape index (κ3) is 2.36. The third-order valence-corrected chi connectivity index (χ3v) is 3.63. The topological polar surface area (TPSA) is 34.1 Å². The standard InChI is InChI=1S/C13H18O2/c1-9-2-4-10-8-11(14)5-6-12(10)13(15)7-3-9/h9H,2-8H2,1H3. The Morgan fingerprint density at radius 1 is 1.00 bits per heavy atom. The minimum absolute atomic E-state index is 0.309. The molecule has 2 nitrogen and oxygen atoms in total. The second-order valence-corrected chi connectivity index (χ2v) is 4.90. The van der Waals surface area contributed by atoms with E-state index in [0.717, 1.165) is 30.4 Å². The van der Waals surface area contributed by atoms with Crippen molar-refractivity contribution in [2.75, 3.05) is 0 Å². The maximum atomic E-state index is 11.9. The lowest BCUT2D eigenvalue weighted by atomic mass is 9.80. The van der Waals surface area contributed by atoms with Gasteiger partial charge in [0.1, 0.15) is 5.78 Å². The number of hydrogen-bond acceptors (Lipinski definition) is 2. The van der Waals surface area contributed by atoms with Crippen molar-refractivity contribution >= 4 is 11.6 Å². The van der Waals surface area contributed by atoms with E-state index in [1.54, 1.807) is 0 Å². The highest BCUT2D eigenvalue weighted by atomic mass is 16.1. The first-order valence-electron chi connectivity index (χ1n) is 5.92. The molecule has 15 heavy (non-hydrogen) atoms. The van der Waals surface area contributed by atoms with Crippen LogP contribution in [0.3, 0.4) is 0 Å². The molecule has 0 aromatic heterocycles. The van der Waals surface area contributed by atoms with Crippen molar-refractivity contribution in [2.45, 2.75) is 51.9 Å². The van der Waals surface area contributed by atoms with Gasteiger partial charge in [0.2, 0.25) is 0 Å². The van der Waals surface area contributed by atoms with Crippen molar-refractivity contribution in [1.82, 2.24) is 0 Å². The van der Waals surface area contributed by atoms with E-state index in [1.165, 1.54) is 0 Å². The molecule has 2 aliphatic carbocycles. The fraction of sp³-hybridized carbons (Fsp3) is 0.692. The molecular weight excluding hydrogens is 188 g/mol. The zero-order chi connectivity index (χ0) is 10.8. The monoisotopic (exact) mass is 206 g/mol. The molecule has 0 heterocycles. The minimum Gasteiger partial charge on any atom is -0.299 e. The van der Waals surface area contributed by atoms with Crippen molar-refractivity contribution in [3.63, 3.8) is 0 Å². The Morgan fingerprint density at radius 3 is 2.53 bits per heavy atom.